The molecule has 2 amide bonds. The standard InChI is InChI=1S/C21H25N3O4/c1-12(2)17-7-6-16(10-19(17)24(27)28)21(26)23-11-14(4)18-8-5-15(20(22)25)9-13(18)3/h5-10,12,14H,11H2,1-4H3,(H2,22,25)(H,23,26). The van der Waals surface area contributed by atoms with Gasteiger partial charge < -0.3 is 11.1 Å². The van der Waals surface area contributed by atoms with Gasteiger partial charge in [-0.15, -0.1) is 0 Å². The van der Waals surface area contributed by atoms with Crippen LogP contribution in [0.25, 0.3) is 0 Å². The van der Waals surface area contributed by atoms with Crippen LogP contribution in [0.4, 0.5) is 5.69 Å². The lowest BCUT2D eigenvalue weighted by Crippen LogP contribution is -2.28. The Morgan fingerprint density at radius 1 is 1.07 bits per heavy atom. The van der Waals surface area contributed by atoms with Crippen LogP contribution in [-0.2, 0) is 0 Å². The second-order valence-corrected chi connectivity index (χ2v) is 7.23. The smallest absolute Gasteiger partial charge is 0.273 e. The third-order valence-electron chi connectivity index (χ3n) is 4.77. The average Bonchev–Trinajstić information content (AvgIpc) is 2.64. The average molecular weight is 383 g/mol. The number of carbonyl (C=O) groups excluding carboxylic acids is 2. The summed E-state index contributed by atoms with van der Waals surface area (Å²) in [6.45, 7) is 7.94. The molecular weight excluding hydrogens is 358 g/mol. The number of nitrogens with one attached hydrogen (secondary N) is 1. The molecule has 0 bridgehead atoms. The highest BCUT2D eigenvalue weighted by Gasteiger charge is 2.20. The fourth-order valence-electron chi connectivity index (χ4n) is 3.17. The Bertz CT molecular complexity index is 922. The van der Waals surface area contributed by atoms with Gasteiger partial charge in [-0.3, -0.25) is 19.7 Å². The first-order valence-electron chi connectivity index (χ1n) is 9.08. The SMILES string of the molecule is Cc1cc(C(N)=O)ccc1C(C)CNC(=O)c1ccc(C(C)C)c([N+](=O)[O-])c1. The zero-order chi connectivity index (χ0) is 21.0. The van der Waals surface area contributed by atoms with Crippen LogP contribution in [0.1, 0.15) is 70.0 Å². The van der Waals surface area contributed by atoms with Gasteiger partial charge in [0.25, 0.3) is 11.6 Å². The van der Waals surface area contributed by atoms with E-state index in [4.69, 9.17) is 5.73 Å². The monoisotopic (exact) mass is 383 g/mol. The van der Waals surface area contributed by atoms with E-state index in [0.717, 1.165) is 11.1 Å². The summed E-state index contributed by atoms with van der Waals surface area (Å²) in [6, 6.07) is 9.78. The number of nitro benzene ring substituents is 1. The molecule has 1 atom stereocenters. The number of hydrogen-bond donors (Lipinski definition) is 2. The first-order valence-corrected chi connectivity index (χ1v) is 9.08. The van der Waals surface area contributed by atoms with Crippen molar-refractivity contribution < 1.29 is 14.5 Å². The summed E-state index contributed by atoms with van der Waals surface area (Å²) >= 11 is 0. The predicted molar refractivity (Wildman–Crippen MR) is 108 cm³/mol. The van der Waals surface area contributed by atoms with Crippen molar-refractivity contribution in [2.24, 2.45) is 5.73 Å². The molecule has 0 saturated carbocycles. The second-order valence-electron chi connectivity index (χ2n) is 7.23. The third kappa shape index (κ3) is 4.73. The van der Waals surface area contributed by atoms with Crippen molar-refractivity contribution >= 4 is 17.5 Å². The number of rotatable bonds is 7. The molecule has 7 heteroatoms. The van der Waals surface area contributed by atoms with Crippen molar-refractivity contribution in [2.75, 3.05) is 6.54 Å². The van der Waals surface area contributed by atoms with E-state index in [9.17, 15) is 19.7 Å². The molecular formula is C21H25N3O4. The lowest BCUT2D eigenvalue weighted by Gasteiger charge is -2.16. The van der Waals surface area contributed by atoms with E-state index in [2.05, 4.69) is 5.32 Å². The predicted octanol–water partition coefficient (Wildman–Crippen LogP) is 3.66. The van der Waals surface area contributed by atoms with Crippen LogP contribution >= 0.6 is 0 Å². The molecule has 0 aliphatic rings. The molecule has 0 aliphatic carbocycles. The molecule has 1 unspecified atom stereocenters. The first-order chi connectivity index (χ1) is 13.1. The quantitative estimate of drug-likeness (QED) is 0.561. The highest BCUT2D eigenvalue weighted by molar-refractivity contribution is 5.95. The van der Waals surface area contributed by atoms with Crippen LogP contribution in [0, 0.1) is 17.0 Å². The molecule has 3 N–H and O–H groups in total. The van der Waals surface area contributed by atoms with Gasteiger partial charge in [0.15, 0.2) is 0 Å². The maximum absolute atomic E-state index is 12.5. The van der Waals surface area contributed by atoms with Gasteiger partial charge in [0.1, 0.15) is 0 Å². The van der Waals surface area contributed by atoms with Crippen LogP contribution in [0.2, 0.25) is 0 Å². The number of benzene rings is 2. The number of primary amides is 1. The second kappa shape index (κ2) is 8.65. The summed E-state index contributed by atoms with van der Waals surface area (Å²) in [5.41, 5.74) is 8.44. The summed E-state index contributed by atoms with van der Waals surface area (Å²) < 4.78 is 0. The third-order valence-corrected chi connectivity index (χ3v) is 4.77. The molecule has 0 radical (unpaired) electrons. The zero-order valence-corrected chi connectivity index (χ0v) is 16.5. The van der Waals surface area contributed by atoms with Crippen LogP contribution < -0.4 is 11.1 Å². The van der Waals surface area contributed by atoms with Gasteiger partial charge in [-0.25, -0.2) is 0 Å². The largest absolute Gasteiger partial charge is 0.366 e. The summed E-state index contributed by atoms with van der Waals surface area (Å²) in [5, 5.41) is 14.1. The highest BCUT2D eigenvalue weighted by Crippen LogP contribution is 2.27. The summed E-state index contributed by atoms with van der Waals surface area (Å²) in [4.78, 5) is 34.6. The van der Waals surface area contributed by atoms with Crippen molar-refractivity contribution in [3.8, 4) is 0 Å². The molecule has 0 spiro atoms. The fourth-order valence-corrected chi connectivity index (χ4v) is 3.17. The highest BCUT2D eigenvalue weighted by atomic mass is 16.6. The Morgan fingerprint density at radius 2 is 1.68 bits per heavy atom. The van der Waals surface area contributed by atoms with Gasteiger partial charge in [-0.1, -0.05) is 32.9 Å². The van der Waals surface area contributed by atoms with Gasteiger partial charge in [0.05, 0.1) is 4.92 Å². The van der Waals surface area contributed by atoms with Gasteiger partial charge in [-0.05, 0) is 48.1 Å². The van der Waals surface area contributed by atoms with E-state index in [1.165, 1.54) is 6.07 Å². The maximum Gasteiger partial charge on any atom is 0.273 e. The van der Waals surface area contributed by atoms with Crippen molar-refractivity contribution in [3.63, 3.8) is 0 Å². The fraction of sp³-hybridized carbons (Fsp3) is 0.333. The minimum absolute atomic E-state index is 0.00389. The normalized spacial score (nSPS) is 11.9. The van der Waals surface area contributed by atoms with Gasteiger partial charge >= 0.3 is 0 Å². The van der Waals surface area contributed by atoms with Gasteiger partial charge in [0.2, 0.25) is 5.91 Å². The van der Waals surface area contributed by atoms with E-state index in [0.29, 0.717) is 17.7 Å². The number of nitrogens with zero attached hydrogens (tertiary/aromatic N) is 1. The number of hydrogen-bond acceptors (Lipinski definition) is 4. The Labute approximate surface area is 164 Å². The summed E-state index contributed by atoms with van der Waals surface area (Å²) in [7, 11) is 0. The lowest BCUT2D eigenvalue weighted by molar-refractivity contribution is -0.385. The molecule has 0 aromatic heterocycles. The van der Waals surface area contributed by atoms with Crippen molar-refractivity contribution in [2.45, 2.75) is 39.5 Å². The van der Waals surface area contributed by atoms with Crippen molar-refractivity contribution in [1.82, 2.24) is 5.32 Å². The Morgan fingerprint density at radius 3 is 2.21 bits per heavy atom. The first kappa shape index (κ1) is 21.1. The van der Waals surface area contributed by atoms with E-state index < -0.39 is 10.8 Å². The van der Waals surface area contributed by atoms with Gasteiger partial charge in [0, 0.05) is 29.3 Å². The number of carbonyl (C=O) groups is 2. The Hall–Kier alpha value is -3.22. The number of amides is 2. The van der Waals surface area contributed by atoms with E-state index in [1.807, 2.05) is 33.8 Å². The Kier molecular flexibility index (Phi) is 6.51. The number of nitro groups is 1. The summed E-state index contributed by atoms with van der Waals surface area (Å²) in [6.07, 6.45) is 0. The number of aryl methyl sites for hydroxylation is 1. The van der Waals surface area contributed by atoms with Crippen LogP contribution in [-0.4, -0.2) is 23.3 Å². The molecule has 28 heavy (non-hydrogen) atoms. The van der Waals surface area contributed by atoms with E-state index >= 15 is 0 Å². The van der Waals surface area contributed by atoms with E-state index in [-0.39, 0.29) is 29.0 Å². The van der Waals surface area contributed by atoms with Gasteiger partial charge in [-0.2, -0.15) is 0 Å². The topological polar surface area (TPSA) is 115 Å². The van der Waals surface area contributed by atoms with Crippen LogP contribution in [0.3, 0.4) is 0 Å². The van der Waals surface area contributed by atoms with Crippen LogP contribution in [0.5, 0.6) is 0 Å². The maximum atomic E-state index is 12.5. The molecule has 0 saturated heterocycles. The Balaban J connectivity index is 2.12. The van der Waals surface area contributed by atoms with Crippen molar-refractivity contribution in [1.29, 1.82) is 0 Å². The molecule has 0 fully saturated rings. The van der Waals surface area contributed by atoms with E-state index in [1.54, 1.807) is 24.3 Å². The lowest BCUT2D eigenvalue weighted by atomic mass is 9.94. The number of nitrogens with two attached hydrogens (primary N) is 1. The van der Waals surface area contributed by atoms with Crippen molar-refractivity contribution in [3.05, 3.63) is 74.3 Å². The van der Waals surface area contributed by atoms with Crippen LogP contribution in [0.15, 0.2) is 36.4 Å². The molecule has 148 valence electrons. The molecule has 0 heterocycles. The molecule has 7 nitrogen and oxygen atoms in total. The zero-order valence-electron chi connectivity index (χ0n) is 16.5. The minimum atomic E-state index is -0.484. The summed E-state index contributed by atoms with van der Waals surface area (Å²) in [5.74, 6) is -0.863. The molecule has 2 rings (SSSR count). The molecule has 0 aliphatic heterocycles. The minimum Gasteiger partial charge on any atom is -0.366 e. The molecule has 2 aromatic rings. The molecule has 2 aromatic carbocycles.